The Hall–Kier alpha value is -3.07. The lowest BCUT2D eigenvalue weighted by molar-refractivity contribution is -0.140. The molecule has 25 heavy (non-hydrogen) atoms. The molecule has 0 unspecified atom stereocenters. The number of esters is 2. The van der Waals surface area contributed by atoms with Gasteiger partial charge in [0.1, 0.15) is 12.4 Å². The Morgan fingerprint density at radius 2 is 1.64 bits per heavy atom. The number of methoxy groups -OCH3 is 3. The summed E-state index contributed by atoms with van der Waals surface area (Å²) < 4.78 is 19.4. The van der Waals surface area contributed by atoms with Crippen molar-refractivity contribution in [2.45, 2.75) is 0 Å². The molecule has 2 rings (SSSR count). The minimum Gasteiger partial charge on any atom is -0.466 e. The van der Waals surface area contributed by atoms with E-state index in [9.17, 15) is 14.4 Å². The second-order valence-electron chi connectivity index (χ2n) is 4.88. The van der Waals surface area contributed by atoms with E-state index in [4.69, 9.17) is 14.2 Å². The van der Waals surface area contributed by atoms with Crippen molar-refractivity contribution in [1.29, 1.82) is 0 Å². The molecule has 0 bridgehead atoms. The average molecular weight is 350 g/mol. The highest BCUT2D eigenvalue weighted by Gasteiger charge is 2.32. The van der Waals surface area contributed by atoms with Gasteiger partial charge < -0.3 is 23.8 Å². The van der Waals surface area contributed by atoms with Gasteiger partial charge in [-0.1, -0.05) is 0 Å². The molecule has 9 heteroatoms. The number of rotatable bonds is 4. The van der Waals surface area contributed by atoms with Crippen molar-refractivity contribution in [3.8, 4) is 0 Å². The molecule has 1 N–H and O–H groups in total. The number of benzene rings is 1. The molecule has 0 saturated carbocycles. The van der Waals surface area contributed by atoms with Crippen molar-refractivity contribution < 1.29 is 33.3 Å². The smallest absolute Gasteiger partial charge is 0.411 e. The van der Waals surface area contributed by atoms with E-state index in [0.717, 1.165) is 0 Å². The number of carbonyl (C=O) groups excluding carboxylic acids is 3. The molecule has 1 heterocycles. The van der Waals surface area contributed by atoms with Gasteiger partial charge in [0.25, 0.3) is 0 Å². The molecule has 1 aromatic rings. The third-order valence-corrected chi connectivity index (χ3v) is 3.44. The summed E-state index contributed by atoms with van der Waals surface area (Å²) in [7, 11) is 3.70. The van der Waals surface area contributed by atoms with Crippen molar-refractivity contribution in [3.05, 3.63) is 35.5 Å². The van der Waals surface area contributed by atoms with Crippen molar-refractivity contribution in [2.75, 3.05) is 44.9 Å². The normalized spacial score (nSPS) is 14.0. The second-order valence-corrected chi connectivity index (χ2v) is 4.88. The third-order valence-electron chi connectivity index (χ3n) is 3.44. The van der Waals surface area contributed by atoms with Crippen molar-refractivity contribution >= 4 is 29.4 Å². The molecule has 0 spiro atoms. The first-order valence-corrected chi connectivity index (χ1v) is 7.22. The first-order chi connectivity index (χ1) is 12.0. The predicted octanol–water partition coefficient (Wildman–Crippen LogP) is 1.26. The minimum atomic E-state index is -0.680. The topological polar surface area (TPSA) is 103 Å². The summed E-state index contributed by atoms with van der Waals surface area (Å²) in [5, 5.41) is 2.51. The minimum absolute atomic E-state index is 0.0503. The van der Waals surface area contributed by atoms with Crippen LogP contribution in [0.4, 0.5) is 16.2 Å². The van der Waals surface area contributed by atoms with Gasteiger partial charge >= 0.3 is 18.0 Å². The van der Waals surface area contributed by atoms with E-state index in [0.29, 0.717) is 11.4 Å². The van der Waals surface area contributed by atoms with Crippen LogP contribution in [0.1, 0.15) is 0 Å². The fraction of sp³-hybridized carbons (Fsp3) is 0.312. The number of hydrogen-bond donors (Lipinski definition) is 1. The number of nitrogens with zero attached hydrogens (tertiary/aromatic N) is 1. The first kappa shape index (κ1) is 18.3. The van der Waals surface area contributed by atoms with Crippen LogP contribution in [-0.4, -0.2) is 52.7 Å². The molecule has 0 saturated heterocycles. The van der Waals surface area contributed by atoms with Gasteiger partial charge in [-0.15, -0.1) is 0 Å². The molecule has 1 aliphatic heterocycles. The molecule has 0 aromatic heterocycles. The number of ether oxygens (including phenoxy) is 4. The fourth-order valence-corrected chi connectivity index (χ4v) is 2.24. The van der Waals surface area contributed by atoms with Crippen LogP contribution >= 0.6 is 0 Å². The molecule has 0 fully saturated rings. The largest absolute Gasteiger partial charge is 0.466 e. The molecule has 0 atom stereocenters. The summed E-state index contributed by atoms with van der Waals surface area (Å²) in [6.45, 7) is -0.00963. The van der Waals surface area contributed by atoms with Gasteiger partial charge in [-0.05, 0) is 24.3 Å². The molecule has 0 aliphatic carbocycles. The lowest BCUT2D eigenvalue weighted by Crippen LogP contribution is -2.38. The van der Waals surface area contributed by atoms with Crippen LogP contribution in [0.3, 0.4) is 0 Å². The quantitative estimate of drug-likeness (QED) is 0.639. The summed E-state index contributed by atoms with van der Waals surface area (Å²) in [5.74, 6) is -1.35. The Morgan fingerprint density at radius 1 is 1.00 bits per heavy atom. The van der Waals surface area contributed by atoms with Gasteiger partial charge in [-0.3, -0.25) is 5.32 Å². The van der Waals surface area contributed by atoms with Gasteiger partial charge in [-0.2, -0.15) is 0 Å². The van der Waals surface area contributed by atoms with E-state index in [1.165, 1.54) is 26.2 Å². The summed E-state index contributed by atoms with van der Waals surface area (Å²) in [6, 6.07) is 6.54. The van der Waals surface area contributed by atoms with E-state index in [2.05, 4.69) is 10.1 Å². The zero-order chi connectivity index (χ0) is 18.4. The predicted molar refractivity (Wildman–Crippen MR) is 86.8 cm³/mol. The van der Waals surface area contributed by atoms with Crippen LogP contribution in [0.2, 0.25) is 0 Å². The van der Waals surface area contributed by atoms with E-state index in [1.54, 1.807) is 24.3 Å². The monoisotopic (exact) mass is 350 g/mol. The Labute approximate surface area is 144 Å². The summed E-state index contributed by atoms with van der Waals surface area (Å²) in [4.78, 5) is 36.8. The maximum atomic E-state index is 12.2. The van der Waals surface area contributed by atoms with Gasteiger partial charge in [-0.25, -0.2) is 14.4 Å². The van der Waals surface area contributed by atoms with Crippen molar-refractivity contribution in [3.63, 3.8) is 0 Å². The highest BCUT2D eigenvalue weighted by molar-refractivity contribution is 6.03. The van der Waals surface area contributed by atoms with E-state index in [1.807, 2.05) is 0 Å². The molecule has 134 valence electrons. The summed E-state index contributed by atoms with van der Waals surface area (Å²) in [6.07, 6.45) is -0.600. The molecule has 1 aliphatic rings. The van der Waals surface area contributed by atoms with Gasteiger partial charge in [0.2, 0.25) is 0 Å². The maximum Gasteiger partial charge on any atom is 0.411 e. The standard InChI is InChI=1S/C16H18N2O7/c1-22-14(19)12-8-25-9-18(13(12)15(20)23-2)11-6-4-10(5-7-11)17-16(21)24-3/h4-7H,8-9H2,1-3H3,(H,17,21). The van der Waals surface area contributed by atoms with Crippen LogP contribution in [0.5, 0.6) is 0 Å². The Morgan fingerprint density at radius 3 is 2.20 bits per heavy atom. The lowest BCUT2D eigenvalue weighted by atomic mass is 10.1. The van der Waals surface area contributed by atoms with Gasteiger partial charge in [0.15, 0.2) is 0 Å². The van der Waals surface area contributed by atoms with Crippen LogP contribution in [0.15, 0.2) is 35.5 Å². The van der Waals surface area contributed by atoms with Gasteiger partial charge in [0.05, 0.1) is 33.5 Å². The van der Waals surface area contributed by atoms with E-state index >= 15 is 0 Å². The number of nitrogens with one attached hydrogen (secondary N) is 1. The van der Waals surface area contributed by atoms with Crippen molar-refractivity contribution in [1.82, 2.24) is 0 Å². The average Bonchev–Trinajstić information content (AvgIpc) is 2.66. The molecular formula is C16H18N2O7. The number of carbonyl (C=O) groups is 3. The third kappa shape index (κ3) is 4.07. The maximum absolute atomic E-state index is 12.2. The number of hydrogen-bond acceptors (Lipinski definition) is 8. The highest BCUT2D eigenvalue weighted by Crippen LogP contribution is 2.27. The fourth-order valence-electron chi connectivity index (χ4n) is 2.24. The molecule has 9 nitrogen and oxygen atoms in total. The van der Waals surface area contributed by atoms with Crippen LogP contribution < -0.4 is 10.2 Å². The summed E-state index contributed by atoms with van der Waals surface area (Å²) >= 11 is 0. The number of anilines is 2. The molecule has 0 radical (unpaired) electrons. The first-order valence-electron chi connectivity index (χ1n) is 7.22. The SMILES string of the molecule is COC(=O)Nc1ccc(N2COCC(C(=O)OC)=C2C(=O)OC)cc1. The van der Waals surface area contributed by atoms with E-state index in [-0.39, 0.29) is 24.6 Å². The molecule has 1 amide bonds. The zero-order valence-corrected chi connectivity index (χ0v) is 14.0. The lowest BCUT2D eigenvalue weighted by Gasteiger charge is -2.31. The molecular weight excluding hydrogens is 332 g/mol. The van der Waals surface area contributed by atoms with Crippen molar-refractivity contribution in [2.24, 2.45) is 0 Å². The van der Waals surface area contributed by atoms with Crippen LogP contribution in [-0.2, 0) is 28.5 Å². The molecule has 1 aromatic carbocycles. The Kier molecular flexibility index (Phi) is 5.96. The highest BCUT2D eigenvalue weighted by atomic mass is 16.5. The van der Waals surface area contributed by atoms with E-state index < -0.39 is 18.0 Å². The number of amides is 1. The van der Waals surface area contributed by atoms with Crippen LogP contribution in [0, 0.1) is 0 Å². The zero-order valence-electron chi connectivity index (χ0n) is 14.0. The Bertz CT molecular complexity index is 697. The van der Waals surface area contributed by atoms with Gasteiger partial charge in [0, 0.05) is 11.4 Å². The van der Waals surface area contributed by atoms with Crippen LogP contribution in [0.25, 0.3) is 0 Å². The Balaban J connectivity index is 2.36. The second kappa shape index (κ2) is 8.15. The summed E-state index contributed by atoms with van der Waals surface area (Å²) in [5.41, 5.74) is 1.19.